The number of hydrogen-bond donors (Lipinski definition) is 1. The Morgan fingerprint density at radius 1 is 1.25 bits per heavy atom. The zero-order valence-electron chi connectivity index (χ0n) is 8.77. The van der Waals surface area contributed by atoms with E-state index in [-0.39, 0.29) is 0 Å². The van der Waals surface area contributed by atoms with Crippen LogP contribution in [0.1, 0.15) is 46.5 Å². The van der Waals surface area contributed by atoms with Crippen molar-refractivity contribution in [2.45, 2.75) is 46.5 Å². The third-order valence-corrected chi connectivity index (χ3v) is 3.06. The van der Waals surface area contributed by atoms with Crippen molar-refractivity contribution in [1.82, 2.24) is 0 Å². The van der Waals surface area contributed by atoms with Crippen LogP contribution in [0.3, 0.4) is 0 Å². The van der Waals surface area contributed by atoms with E-state index in [4.69, 9.17) is 5.73 Å². The van der Waals surface area contributed by atoms with Crippen LogP contribution >= 0.6 is 0 Å². The molecule has 1 nitrogen and oxygen atoms in total. The fourth-order valence-corrected chi connectivity index (χ4v) is 2.18. The van der Waals surface area contributed by atoms with Gasteiger partial charge < -0.3 is 5.73 Å². The summed E-state index contributed by atoms with van der Waals surface area (Å²) in [6, 6.07) is 0. The molecule has 0 saturated heterocycles. The predicted octanol–water partition coefficient (Wildman–Crippen LogP) is 2.80. The molecule has 72 valence electrons. The maximum atomic E-state index is 5.46. The molecule has 0 aromatic rings. The Kier molecular flexibility index (Phi) is 3.16. The Morgan fingerprint density at radius 3 is 2.33 bits per heavy atom. The van der Waals surface area contributed by atoms with Crippen molar-refractivity contribution in [2.24, 2.45) is 23.0 Å². The van der Waals surface area contributed by atoms with E-state index in [0.29, 0.717) is 5.41 Å². The lowest BCUT2D eigenvalue weighted by molar-refractivity contribution is 0.324. The lowest BCUT2D eigenvalue weighted by Crippen LogP contribution is -2.09. The molecule has 1 aliphatic carbocycles. The van der Waals surface area contributed by atoms with Gasteiger partial charge in [0.1, 0.15) is 0 Å². The molecule has 1 heteroatoms. The van der Waals surface area contributed by atoms with Gasteiger partial charge in [0.2, 0.25) is 0 Å². The highest BCUT2D eigenvalue weighted by atomic mass is 14.5. The summed E-state index contributed by atoms with van der Waals surface area (Å²) in [5, 5.41) is 0. The number of unbranched alkanes of at least 4 members (excludes halogenated alkanes) is 1. The molecule has 2 N–H and O–H groups in total. The van der Waals surface area contributed by atoms with Crippen LogP contribution in [0.4, 0.5) is 0 Å². The van der Waals surface area contributed by atoms with Crippen LogP contribution in [0.2, 0.25) is 0 Å². The minimum Gasteiger partial charge on any atom is -0.330 e. The normalized spacial score (nSPS) is 29.0. The monoisotopic (exact) mass is 169 g/mol. The fourth-order valence-electron chi connectivity index (χ4n) is 2.18. The first-order valence-corrected chi connectivity index (χ1v) is 5.26. The first-order chi connectivity index (χ1) is 5.55. The van der Waals surface area contributed by atoms with Gasteiger partial charge in [0.05, 0.1) is 0 Å². The second-order valence-corrected chi connectivity index (χ2v) is 5.25. The van der Waals surface area contributed by atoms with Gasteiger partial charge in [0.15, 0.2) is 0 Å². The Labute approximate surface area is 76.7 Å². The third-order valence-electron chi connectivity index (χ3n) is 3.06. The number of rotatable bonds is 4. The molecule has 0 amide bonds. The van der Waals surface area contributed by atoms with Gasteiger partial charge in [0.25, 0.3) is 0 Å². The van der Waals surface area contributed by atoms with E-state index < -0.39 is 0 Å². The van der Waals surface area contributed by atoms with Crippen molar-refractivity contribution in [3.8, 4) is 0 Å². The zero-order valence-corrected chi connectivity index (χ0v) is 8.77. The van der Waals surface area contributed by atoms with Gasteiger partial charge in [-0.15, -0.1) is 0 Å². The van der Waals surface area contributed by atoms with E-state index >= 15 is 0 Å². The van der Waals surface area contributed by atoms with E-state index in [9.17, 15) is 0 Å². The van der Waals surface area contributed by atoms with E-state index in [1.165, 1.54) is 25.7 Å². The summed E-state index contributed by atoms with van der Waals surface area (Å²) in [4.78, 5) is 0. The summed E-state index contributed by atoms with van der Waals surface area (Å²) in [5.74, 6) is 2.02. The highest BCUT2D eigenvalue weighted by Gasteiger charge is 2.43. The van der Waals surface area contributed by atoms with Gasteiger partial charge in [-0.1, -0.05) is 33.6 Å². The molecular weight excluding hydrogens is 146 g/mol. The summed E-state index contributed by atoms with van der Waals surface area (Å²) in [7, 11) is 0. The molecule has 2 unspecified atom stereocenters. The molecule has 2 atom stereocenters. The number of nitrogens with two attached hydrogens (primary N) is 1. The Morgan fingerprint density at radius 2 is 1.92 bits per heavy atom. The van der Waals surface area contributed by atoms with E-state index in [1.807, 2.05) is 0 Å². The zero-order chi connectivity index (χ0) is 9.19. The summed E-state index contributed by atoms with van der Waals surface area (Å²) >= 11 is 0. The summed E-state index contributed by atoms with van der Waals surface area (Å²) in [5.41, 5.74) is 6.00. The topological polar surface area (TPSA) is 26.0 Å². The van der Waals surface area contributed by atoms with Gasteiger partial charge in [-0.05, 0) is 36.6 Å². The SMILES string of the molecule is CC(C)(C)C1CC1CCCCN. The van der Waals surface area contributed by atoms with Crippen LogP contribution in [-0.4, -0.2) is 6.54 Å². The highest BCUT2D eigenvalue weighted by molar-refractivity contribution is 4.93. The van der Waals surface area contributed by atoms with Crippen LogP contribution in [0.15, 0.2) is 0 Å². The molecule has 1 rings (SSSR count). The average Bonchev–Trinajstić information content (AvgIpc) is 2.66. The van der Waals surface area contributed by atoms with Crippen molar-refractivity contribution in [3.05, 3.63) is 0 Å². The van der Waals surface area contributed by atoms with Crippen LogP contribution in [0.5, 0.6) is 0 Å². The minimum atomic E-state index is 0.549. The molecule has 12 heavy (non-hydrogen) atoms. The van der Waals surface area contributed by atoms with E-state index in [1.54, 1.807) is 0 Å². The van der Waals surface area contributed by atoms with E-state index in [2.05, 4.69) is 20.8 Å². The largest absolute Gasteiger partial charge is 0.330 e. The Balaban J connectivity index is 2.08. The van der Waals surface area contributed by atoms with Crippen molar-refractivity contribution in [2.75, 3.05) is 6.54 Å². The molecule has 0 spiro atoms. The van der Waals surface area contributed by atoms with Gasteiger partial charge in [-0.2, -0.15) is 0 Å². The molecule has 1 saturated carbocycles. The number of hydrogen-bond acceptors (Lipinski definition) is 1. The van der Waals surface area contributed by atoms with Crippen LogP contribution in [0, 0.1) is 17.3 Å². The molecule has 0 radical (unpaired) electrons. The highest BCUT2D eigenvalue weighted by Crippen LogP contribution is 2.52. The summed E-state index contributed by atoms with van der Waals surface area (Å²) < 4.78 is 0. The quantitative estimate of drug-likeness (QED) is 0.643. The first kappa shape index (κ1) is 10.0. The lowest BCUT2D eigenvalue weighted by Gasteiger charge is -2.17. The van der Waals surface area contributed by atoms with Gasteiger partial charge in [0, 0.05) is 0 Å². The Bertz CT molecular complexity index is 134. The first-order valence-electron chi connectivity index (χ1n) is 5.26. The fraction of sp³-hybridized carbons (Fsp3) is 1.00. The maximum Gasteiger partial charge on any atom is -0.00773 e. The summed E-state index contributed by atoms with van der Waals surface area (Å²) in [6.45, 7) is 7.95. The molecule has 1 fully saturated rings. The van der Waals surface area contributed by atoms with Crippen molar-refractivity contribution >= 4 is 0 Å². The van der Waals surface area contributed by atoms with E-state index in [0.717, 1.165) is 18.4 Å². The van der Waals surface area contributed by atoms with Crippen molar-refractivity contribution in [1.29, 1.82) is 0 Å². The minimum absolute atomic E-state index is 0.549. The van der Waals surface area contributed by atoms with Crippen LogP contribution < -0.4 is 5.73 Å². The predicted molar refractivity (Wildman–Crippen MR) is 54.0 cm³/mol. The molecular formula is C11H23N. The summed E-state index contributed by atoms with van der Waals surface area (Å²) in [6.07, 6.45) is 5.44. The molecule has 0 heterocycles. The standard InChI is InChI=1S/C11H23N/c1-11(2,3)10-8-9(10)6-4-5-7-12/h9-10H,4-8,12H2,1-3H3. The molecule has 0 aromatic heterocycles. The lowest BCUT2D eigenvalue weighted by atomic mass is 9.88. The smallest absolute Gasteiger partial charge is 0.00773 e. The van der Waals surface area contributed by atoms with Crippen LogP contribution in [-0.2, 0) is 0 Å². The third kappa shape index (κ3) is 2.78. The van der Waals surface area contributed by atoms with Gasteiger partial charge in [-0.3, -0.25) is 0 Å². The second-order valence-electron chi connectivity index (χ2n) is 5.25. The van der Waals surface area contributed by atoms with Crippen LogP contribution in [0.25, 0.3) is 0 Å². The average molecular weight is 169 g/mol. The van der Waals surface area contributed by atoms with Crippen molar-refractivity contribution < 1.29 is 0 Å². The maximum absolute atomic E-state index is 5.46. The molecule has 1 aliphatic rings. The molecule has 0 aromatic carbocycles. The molecule has 0 bridgehead atoms. The Hall–Kier alpha value is -0.0400. The van der Waals surface area contributed by atoms with Crippen molar-refractivity contribution in [3.63, 3.8) is 0 Å². The van der Waals surface area contributed by atoms with Gasteiger partial charge >= 0.3 is 0 Å². The van der Waals surface area contributed by atoms with Gasteiger partial charge in [-0.25, -0.2) is 0 Å². The molecule has 0 aliphatic heterocycles. The second kappa shape index (κ2) is 3.78.